The van der Waals surface area contributed by atoms with E-state index in [-0.39, 0.29) is 29.3 Å². The van der Waals surface area contributed by atoms with Crippen LogP contribution in [-0.2, 0) is 29.4 Å². The maximum absolute atomic E-state index is 12.6. The third-order valence-corrected chi connectivity index (χ3v) is 5.78. The summed E-state index contributed by atoms with van der Waals surface area (Å²) in [5.41, 5.74) is 1.69. The van der Waals surface area contributed by atoms with Crippen LogP contribution in [0.5, 0.6) is 11.5 Å². The zero-order valence-corrected chi connectivity index (χ0v) is 15.5. The Morgan fingerprint density at radius 2 is 2.00 bits per heavy atom. The lowest BCUT2D eigenvalue weighted by atomic mass is 10.2. The van der Waals surface area contributed by atoms with Crippen LogP contribution in [0.4, 0.5) is 0 Å². The highest BCUT2D eigenvalue weighted by atomic mass is 32.2. The number of nitrogens with one attached hydrogen (secondary N) is 1. The molecule has 0 saturated carbocycles. The van der Waals surface area contributed by atoms with Crippen LogP contribution in [0.25, 0.3) is 0 Å². The average Bonchev–Trinajstić information content (AvgIpc) is 3.08. The second-order valence-electron chi connectivity index (χ2n) is 5.95. The van der Waals surface area contributed by atoms with Crippen LogP contribution in [0.1, 0.15) is 17.7 Å². The van der Waals surface area contributed by atoms with Crippen LogP contribution >= 0.6 is 0 Å². The Balaban J connectivity index is 1.74. The standard InChI is InChI=1S/C17H21N3O5S/c1-24-13-6-7-15(25-2)16(11-13)26(22,23)18-8-9-20-17(21)10-12-4-3-5-14(12)19-20/h6-7,10-11,18H,3-5,8-9H2,1-2H3. The molecule has 0 atom stereocenters. The summed E-state index contributed by atoms with van der Waals surface area (Å²) in [4.78, 5) is 12.1. The van der Waals surface area contributed by atoms with E-state index in [1.54, 1.807) is 12.1 Å². The molecular weight excluding hydrogens is 358 g/mol. The lowest BCUT2D eigenvalue weighted by Gasteiger charge is -2.12. The number of nitrogens with zero attached hydrogens (tertiary/aromatic N) is 2. The van der Waals surface area contributed by atoms with Gasteiger partial charge in [0.05, 0.1) is 26.5 Å². The Kier molecular flexibility index (Phi) is 5.28. The van der Waals surface area contributed by atoms with E-state index in [1.165, 1.54) is 31.0 Å². The smallest absolute Gasteiger partial charge is 0.267 e. The van der Waals surface area contributed by atoms with Crippen molar-refractivity contribution in [1.82, 2.24) is 14.5 Å². The molecule has 0 bridgehead atoms. The summed E-state index contributed by atoms with van der Waals surface area (Å²) in [7, 11) is -0.975. The van der Waals surface area contributed by atoms with Crippen molar-refractivity contribution in [2.24, 2.45) is 0 Å². The average molecular weight is 379 g/mol. The van der Waals surface area contributed by atoms with E-state index in [2.05, 4.69) is 9.82 Å². The van der Waals surface area contributed by atoms with Gasteiger partial charge in [-0.05, 0) is 37.0 Å². The first-order valence-electron chi connectivity index (χ1n) is 8.26. The first-order chi connectivity index (χ1) is 12.4. The number of benzene rings is 1. The number of sulfonamides is 1. The maximum Gasteiger partial charge on any atom is 0.267 e. The molecule has 1 aromatic heterocycles. The zero-order chi connectivity index (χ0) is 18.7. The number of rotatable bonds is 7. The number of aryl methyl sites for hydroxylation is 2. The summed E-state index contributed by atoms with van der Waals surface area (Å²) < 4.78 is 39.2. The quantitative estimate of drug-likeness (QED) is 0.761. The summed E-state index contributed by atoms with van der Waals surface area (Å²) in [6.45, 7) is 0.187. The maximum atomic E-state index is 12.6. The predicted octanol–water partition coefficient (Wildman–Crippen LogP) is 0.728. The largest absolute Gasteiger partial charge is 0.497 e. The minimum absolute atomic E-state index is 0.0198. The number of ether oxygens (including phenoxy) is 2. The molecular formula is C17H21N3O5S. The molecule has 1 aromatic carbocycles. The molecule has 0 fully saturated rings. The van der Waals surface area contributed by atoms with E-state index in [0.29, 0.717) is 5.75 Å². The molecule has 140 valence electrons. The van der Waals surface area contributed by atoms with Gasteiger partial charge < -0.3 is 9.47 Å². The van der Waals surface area contributed by atoms with Crippen molar-refractivity contribution in [3.63, 3.8) is 0 Å². The monoisotopic (exact) mass is 379 g/mol. The van der Waals surface area contributed by atoms with Crippen LogP contribution in [0.2, 0.25) is 0 Å². The third-order valence-electron chi connectivity index (χ3n) is 4.30. The van der Waals surface area contributed by atoms with Gasteiger partial charge in [0.25, 0.3) is 5.56 Å². The van der Waals surface area contributed by atoms with Gasteiger partial charge in [0.2, 0.25) is 10.0 Å². The van der Waals surface area contributed by atoms with Crippen LogP contribution in [-0.4, -0.2) is 39.0 Å². The van der Waals surface area contributed by atoms with Crippen molar-refractivity contribution >= 4 is 10.0 Å². The van der Waals surface area contributed by atoms with Crippen LogP contribution in [0.15, 0.2) is 34.0 Å². The summed E-state index contributed by atoms with van der Waals surface area (Å²) in [6.07, 6.45) is 2.72. The fourth-order valence-electron chi connectivity index (χ4n) is 2.96. The summed E-state index contributed by atoms with van der Waals surface area (Å²) in [6, 6.07) is 6.13. The van der Waals surface area contributed by atoms with Gasteiger partial charge in [-0.2, -0.15) is 5.10 Å². The number of methoxy groups -OCH3 is 2. The van der Waals surface area contributed by atoms with Crippen molar-refractivity contribution in [2.45, 2.75) is 30.7 Å². The molecule has 1 aliphatic rings. The molecule has 0 radical (unpaired) electrons. The Morgan fingerprint density at radius 3 is 2.73 bits per heavy atom. The molecule has 9 heteroatoms. The van der Waals surface area contributed by atoms with Crippen LogP contribution < -0.4 is 19.8 Å². The van der Waals surface area contributed by atoms with E-state index in [1.807, 2.05) is 0 Å². The van der Waals surface area contributed by atoms with Gasteiger partial charge in [0.1, 0.15) is 16.4 Å². The second kappa shape index (κ2) is 7.46. The van der Waals surface area contributed by atoms with E-state index < -0.39 is 10.0 Å². The summed E-state index contributed by atoms with van der Waals surface area (Å²) in [5, 5.41) is 4.33. The summed E-state index contributed by atoms with van der Waals surface area (Å²) >= 11 is 0. The molecule has 2 aromatic rings. The number of hydrogen-bond donors (Lipinski definition) is 1. The normalized spacial score (nSPS) is 13.5. The highest BCUT2D eigenvalue weighted by Crippen LogP contribution is 2.27. The molecule has 0 saturated heterocycles. The fraction of sp³-hybridized carbons (Fsp3) is 0.412. The van der Waals surface area contributed by atoms with Crippen molar-refractivity contribution < 1.29 is 17.9 Å². The van der Waals surface area contributed by atoms with Gasteiger partial charge in [-0.15, -0.1) is 0 Å². The molecule has 1 heterocycles. The van der Waals surface area contributed by atoms with Gasteiger partial charge in [0.15, 0.2) is 0 Å². The topological polar surface area (TPSA) is 99.5 Å². The minimum atomic E-state index is -3.83. The molecule has 3 rings (SSSR count). The first-order valence-corrected chi connectivity index (χ1v) is 9.74. The molecule has 0 unspecified atom stereocenters. The molecule has 0 amide bonds. The lowest BCUT2D eigenvalue weighted by Crippen LogP contribution is -2.32. The van der Waals surface area contributed by atoms with Gasteiger partial charge in [-0.1, -0.05) is 0 Å². The first kappa shape index (κ1) is 18.4. The van der Waals surface area contributed by atoms with Crippen molar-refractivity contribution in [3.05, 3.63) is 45.9 Å². The van der Waals surface area contributed by atoms with Crippen LogP contribution in [0, 0.1) is 0 Å². The number of aromatic nitrogens is 2. The molecule has 0 aliphatic heterocycles. The Bertz CT molecular complexity index is 969. The SMILES string of the molecule is COc1ccc(OC)c(S(=O)(=O)NCCn2nc3c(cc2=O)CCC3)c1. The molecule has 0 spiro atoms. The van der Waals surface area contributed by atoms with Crippen molar-refractivity contribution in [1.29, 1.82) is 0 Å². The highest BCUT2D eigenvalue weighted by Gasteiger charge is 2.21. The van der Waals surface area contributed by atoms with Gasteiger partial charge >= 0.3 is 0 Å². The van der Waals surface area contributed by atoms with Crippen molar-refractivity contribution in [2.75, 3.05) is 20.8 Å². The lowest BCUT2D eigenvalue weighted by molar-refractivity contribution is 0.392. The molecule has 26 heavy (non-hydrogen) atoms. The third kappa shape index (κ3) is 3.73. The Morgan fingerprint density at radius 1 is 1.19 bits per heavy atom. The second-order valence-corrected chi connectivity index (χ2v) is 7.68. The van der Waals surface area contributed by atoms with Gasteiger partial charge in [-0.25, -0.2) is 17.8 Å². The Hall–Kier alpha value is -2.39. The highest BCUT2D eigenvalue weighted by molar-refractivity contribution is 7.89. The van der Waals surface area contributed by atoms with Crippen molar-refractivity contribution in [3.8, 4) is 11.5 Å². The van der Waals surface area contributed by atoms with E-state index in [9.17, 15) is 13.2 Å². The molecule has 8 nitrogen and oxygen atoms in total. The summed E-state index contributed by atoms with van der Waals surface area (Å²) in [5.74, 6) is 0.619. The Labute approximate surface area is 151 Å². The van der Waals surface area contributed by atoms with Crippen LogP contribution in [0.3, 0.4) is 0 Å². The number of hydrogen-bond acceptors (Lipinski definition) is 6. The zero-order valence-electron chi connectivity index (χ0n) is 14.7. The van der Waals surface area contributed by atoms with Gasteiger partial charge in [-0.3, -0.25) is 4.79 Å². The van der Waals surface area contributed by atoms with Gasteiger partial charge in [0, 0.05) is 18.7 Å². The van der Waals surface area contributed by atoms with E-state index in [4.69, 9.17) is 9.47 Å². The minimum Gasteiger partial charge on any atom is -0.497 e. The number of fused-ring (bicyclic) bond motifs is 1. The predicted molar refractivity (Wildman–Crippen MR) is 95.3 cm³/mol. The fourth-order valence-corrected chi connectivity index (χ4v) is 4.16. The molecule has 1 aliphatic carbocycles. The molecule has 1 N–H and O–H groups in total. The van der Waals surface area contributed by atoms with E-state index >= 15 is 0 Å². The van der Waals surface area contributed by atoms with E-state index in [0.717, 1.165) is 30.5 Å².